The Labute approximate surface area is 181 Å². The second kappa shape index (κ2) is 7.50. The van der Waals surface area contributed by atoms with E-state index in [9.17, 15) is 4.79 Å². The average molecular weight is 423 g/mol. The SMILES string of the molecule is Cc1cc(-c2[nH]c3cc(C(=O)N4CCC5CCNC5C4)sc3c2C(C)C)cc(C)n1. The molecule has 158 valence electrons. The van der Waals surface area contributed by atoms with Gasteiger partial charge in [0, 0.05) is 36.1 Å². The van der Waals surface area contributed by atoms with Crippen LogP contribution >= 0.6 is 11.3 Å². The molecule has 3 aromatic rings. The molecule has 0 spiro atoms. The van der Waals surface area contributed by atoms with E-state index < -0.39 is 0 Å². The molecule has 0 aliphatic carbocycles. The van der Waals surface area contributed by atoms with Crippen LogP contribution in [-0.2, 0) is 0 Å². The first-order chi connectivity index (χ1) is 14.4. The Morgan fingerprint density at radius 1 is 1.20 bits per heavy atom. The average Bonchev–Trinajstić information content (AvgIpc) is 3.39. The van der Waals surface area contributed by atoms with E-state index in [2.05, 4.69) is 52.2 Å². The molecule has 5 rings (SSSR count). The lowest BCUT2D eigenvalue weighted by Gasteiger charge is -2.34. The van der Waals surface area contributed by atoms with Crippen molar-refractivity contribution in [3.8, 4) is 11.3 Å². The molecule has 2 saturated heterocycles. The number of nitrogens with one attached hydrogen (secondary N) is 2. The smallest absolute Gasteiger partial charge is 0.264 e. The normalized spacial score (nSPS) is 21.6. The van der Waals surface area contributed by atoms with Gasteiger partial charge in [-0.25, -0.2) is 0 Å². The van der Waals surface area contributed by atoms with Crippen molar-refractivity contribution in [1.82, 2.24) is 20.2 Å². The van der Waals surface area contributed by atoms with Crippen LogP contribution in [0.15, 0.2) is 18.2 Å². The van der Waals surface area contributed by atoms with Crippen LogP contribution in [-0.4, -0.2) is 46.5 Å². The van der Waals surface area contributed by atoms with E-state index in [1.807, 2.05) is 13.8 Å². The molecule has 0 saturated carbocycles. The van der Waals surface area contributed by atoms with Crippen molar-refractivity contribution in [3.63, 3.8) is 0 Å². The van der Waals surface area contributed by atoms with Crippen LogP contribution in [0.4, 0.5) is 0 Å². The van der Waals surface area contributed by atoms with Gasteiger partial charge in [-0.05, 0) is 68.8 Å². The van der Waals surface area contributed by atoms with Gasteiger partial charge in [0.15, 0.2) is 0 Å². The van der Waals surface area contributed by atoms with Gasteiger partial charge in [0.2, 0.25) is 0 Å². The number of nitrogens with zero attached hydrogens (tertiary/aromatic N) is 2. The summed E-state index contributed by atoms with van der Waals surface area (Å²) in [6, 6.07) is 6.81. The van der Waals surface area contributed by atoms with Gasteiger partial charge in [-0.15, -0.1) is 11.3 Å². The maximum atomic E-state index is 13.3. The Bertz CT molecular complexity index is 1090. The fourth-order valence-electron chi connectivity index (χ4n) is 5.23. The van der Waals surface area contributed by atoms with Crippen LogP contribution in [0.3, 0.4) is 0 Å². The summed E-state index contributed by atoms with van der Waals surface area (Å²) in [5.41, 5.74) is 6.76. The highest BCUT2D eigenvalue weighted by Gasteiger charge is 2.35. The monoisotopic (exact) mass is 422 g/mol. The number of rotatable bonds is 3. The van der Waals surface area contributed by atoms with Crippen molar-refractivity contribution in [2.75, 3.05) is 19.6 Å². The molecule has 0 radical (unpaired) electrons. The molecule has 5 heterocycles. The predicted octanol–water partition coefficient (Wildman–Crippen LogP) is 4.86. The number of aromatic amines is 1. The highest BCUT2D eigenvalue weighted by atomic mass is 32.1. The first kappa shape index (κ1) is 19.8. The standard InChI is InChI=1S/C24H30N4OS/c1-13(2)21-22(17-9-14(3)26-15(4)10-17)27-18-11-20(30-23(18)21)24(29)28-8-6-16-5-7-25-19(16)12-28/h9-11,13,16,19,25,27H,5-8,12H2,1-4H3. The summed E-state index contributed by atoms with van der Waals surface area (Å²) in [7, 11) is 0. The summed E-state index contributed by atoms with van der Waals surface area (Å²) in [5.74, 6) is 1.29. The van der Waals surface area contributed by atoms with Gasteiger partial charge in [-0.3, -0.25) is 9.78 Å². The van der Waals surface area contributed by atoms with Crippen LogP contribution in [0, 0.1) is 19.8 Å². The maximum absolute atomic E-state index is 13.3. The number of hydrogen-bond donors (Lipinski definition) is 2. The highest BCUT2D eigenvalue weighted by Crippen LogP contribution is 2.40. The van der Waals surface area contributed by atoms with Gasteiger partial charge >= 0.3 is 0 Å². The van der Waals surface area contributed by atoms with Crippen molar-refractivity contribution in [1.29, 1.82) is 0 Å². The summed E-state index contributed by atoms with van der Waals surface area (Å²) in [6.45, 7) is 11.3. The number of fused-ring (bicyclic) bond motifs is 2. The third-order valence-corrected chi connectivity index (χ3v) is 7.79. The van der Waals surface area contributed by atoms with E-state index in [0.717, 1.165) is 59.4 Å². The van der Waals surface area contributed by atoms with Crippen LogP contribution in [0.1, 0.15) is 59.2 Å². The Hall–Kier alpha value is -2.18. The zero-order valence-electron chi connectivity index (χ0n) is 18.2. The number of piperidine rings is 1. The number of carbonyl (C=O) groups excluding carboxylic acids is 1. The molecule has 5 nitrogen and oxygen atoms in total. The fourth-order valence-corrected chi connectivity index (χ4v) is 6.51. The van der Waals surface area contributed by atoms with Crippen molar-refractivity contribution in [2.24, 2.45) is 5.92 Å². The number of H-pyrrole nitrogens is 1. The molecule has 0 aromatic carbocycles. The van der Waals surface area contributed by atoms with E-state index in [1.165, 1.54) is 22.2 Å². The van der Waals surface area contributed by atoms with Crippen molar-refractivity contribution >= 4 is 27.5 Å². The summed E-state index contributed by atoms with van der Waals surface area (Å²) < 4.78 is 1.21. The first-order valence-corrected chi connectivity index (χ1v) is 11.9. The molecular formula is C24H30N4OS. The largest absolute Gasteiger partial charge is 0.354 e. The number of amides is 1. The van der Waals surface area contributed by atoms with Crippen molar-refractivity contribution < 1.29 is 4.79 Å². The number of thiophene rings is 1. The van der Waals surface area contributed by atoms with E-state index >= 15 is 0 Å². The Morgan fingerprint density at radius 3 is 2.70 bits per heavy atom. The molecule has 6 heteroatoms. The third-order valence-electron chi connectivity index (χ3n) is 6.63. The zero-order valence-corrected chi connectivity index (χ0v) is 19.0. The van der Waals surface area contributed by atoms with Gasteiger partial charge in [-0.2, -0.15) is 0 Å². The number of pyridine rings is 1. The molecule has 1 amide bonds. The number of aryl methyl sites for hydroxylation is 2. The Morgan fingerprint density at radius 2 is 1.97 bits per heavy atom. The van der Waals surface area contributed by atoms with E-state index in [-0.39, 0.29) is 5.91 Å². The molecule has 2 fully saturated rings. The topological polar surface area (TPSA) is 61.0 Å². The molecule has 0 bridgehead atoms. The summed E-state index contributed by atoms with van der Waals surface area (Å²) in [4.78, 5) is 24.3. The number of carbonyl (C=O) groups is 1. The van der Waals surface area contributed by atoms with E-state index in [0.29, 0.717) is 12.0 Å². The van der Waals surface area contributed by atoms with Crippen LogP contribution in [0.25, 0.3) is 21.5 Å². The Balaban J connectivity index is 1.49. The Kier molecular flexibility index (Phi) is 4.94. The second-order valence-corrected chi connectivity index (χ2v) is 10.3. The molecular weight excluding hydrogens is 392 g/mol. The van der Waals surface area contributed by atoms with Gasteiger partial charge < -0.3 is 15.2 Å². The van der Waals surface area contributed by atoms with Gasteiger partial charge in [0.25, 0.3) is 5.91 Å². The summed E-state index contributed by atoms with van der Waals surface area (Å²) in [6.07, 6.45) is 2.37. The quantitative estimate of drug-likeness (QED) is 0.634. The van der Waals surface area contributed by atoms with E-state index in [1.54, 1.807) is 11.3 Å². The van der Waals surface area contributed by atoms with Gasteiger partial charge in [0.1, 0.15) is 0 Å². The molecule has 30 heavy (non-hydrogen) atoms. The highest BCUT2D eigenvalue weighted by molar-refractivity contribution is 7.21. The molecule has 2 unspecified atom stereocenters. The lowest BCUT2D eigenvalue weighted by molar-refractivity contribution is 0.0674. The lowest BCUT2D eigenvalue weighted by atomic mass is 9.92. The first-order valence-electron chi connectivity index (χ1n) is 11.0. The molecule has 3 aromatic heterocycles. The molecule has 2 atom stereocenters. The third kappa shape index (κ3) is 3.36. The van der Waals surface area contributed by atoms with Crippen LogP contribution < -0.4 is 5.32 Å². The second-order valence-electron chi connectivity index (χ2n) is 9.21. The summed E-state index contributed by atoms with van der Waals surface area (Å²) in [5, 5.41) is 3.57. The summed E-state index contributed by atoms with van der Waals surface area (Å²) >= 11 is 1.64. The van der Waals surface area contributed by atoms with Crippen molar-refractivity contribution in [3.05, 3.63) is 40.0 Å². The van der Waals surface area contributed by atoms with Crippen LogP contribution in [0.2, 0.25) is 0 Å². The minimum absolute atomic E-state index is 0.184. The maximum Gasteiger partial charge on any atom is 0.264 e. The number of hydrogen-bond acceptors (Lipinski definition) is 4. The number of aromatic nitrogens is 2. The van der Waals surface area contributed by atoms with Crippen LogP contribution in [0.5, 0.6) is 0 Å². The predicted molar refractivity (Wildman–Crippen MR) is 123 cm³/mol. The van der Waals surface area contributed by atoms with Gasteiger partial charge in [-0.1, -0.05) is 13.8 Å². The molecule has 2 N–H and O–H groups in total. The van der Waals surface area contributed by atoms with E-state index in [4.69, 9.17) is 0 Å². The fraction of sp³-hybridized carbons (Fsp3) is 0.500. The van der Waals surface area contributed by atoms with Crippen molar-refractivity contribution in [2.45, 2.75) is 52.5 Å². The van der Waals surface area contributed by atoms with Gasteiger partial charge in [0.05, 0.1) is 20.8 Å². The zero-order chi connectivity index (χ0) is 21.0. The minimum Gasteiger partial charge on any atom is -0.354 e. The lowest BCUT2D eigenvalue weighted by Crippen LogP contribution is -2.48. The molecule has 2 aliphatic heterocycles. The number of likely N-dealkylation sites (tertiary alicyclic amines) is 1. The molecule has 2 aliphatic rings. The minimum atomic E-state index is 0.184.